The van der Waals surface area contributed by atoms with Crippen LogP contribution in [-0.2, 0) is 11.3 Å². The summed E-state index contributed by atoms with van der Waals surface area (Å²) in [5.74, 6) is 0.907. The van der Waals surface area contributed by atoms with Crippen molar-refractivity contribution in [1.82, 2.24) is 4.90 Å². The largest absolute Gasteiger partial charge is 0.490 e. The molecule has 29 heavy (non-hydrogen) atoms. The van der Waals surface area contributed by atoms with Crippen LogP contribution in [0.15, 0.2) is 60.0 Å². The molecule has 0 unspecified atom stereocenters. The first kappa shape index (κ1) is 20.7. The van der Waals surface area contributed by atoms with Crippen LogP contribution >= 0.6 is 11.8 Å². The van der Waals surface area contributed by atoms with Gasteiger partial charge in [0.2, 0.25) is 0 Å². The van der Waals surface area contributed by atoms with E-state index in [1.165, 1.54) is 4.90 Å². The maximum absolute atomic E-state index is 12.8. The summed E-state index contributed by atoms with van der Waals surface area (Å²) in [6.45, 7) is 8.64. The summed E-state index contributed by atoms with van der Waals surface area (Å²) in [6, 6.07) is 13.2. The van der Waals surface area contributed by atoms with Crippen LogP contribution in [0.1, 0.15) is 23.6 Å². The molecule has 1 aliphatic rings. The number of amides is 2. The second kappa shape index (κ2) is 9.47. The molecule has 2 amide bonds. The number of rotatable bonds is 8. The zero-order chi connectivity index (χ0) is 20.8. The van der Waals surface area contributed by atoms with E-state index in [9.17, 15) is 9.59 Å². The van der Waals surface area contributed by atoms with Crippen molar-refractivity contribution in [2.45, 2.75) is 20.4 Å². The second-order valence-corrected chi connectivity index (χ2v) is 7.49. The minimum atomic E-state index is -0.286. The van der Waals surface area contributed by atoms with Crippen molar-refractivity contribution in [3.8, 4) is 11.5 Å². The average Bonchev–Trinajstić information content (AvgIpc) is 2.95. The molecule has 0 N–H and O–H groups in total. The summed E-state index contributed by atoms with van der Waals surface area (Å²) in [4.78, 5) is 26.8. The van der Waals surface area contributed by atoms with Crippen molar-refractivity contribution in [3.05, 3.63) is 76.7 Å². The van der Waals surface area contributed by atoms with Gasteiger partial charge >= 0.3 is 0 Å². The van der Waals surface area contributed by atoms with Gasteiger partial charge in [0.15, 0.2) is 11.5 Å². The van der Waals surface area contributed by atoms with Gasteiger partial charge in [0, 0.05) is 0 Å². The fraction of sp³-hybridized carbons (Fsp3) is 0.217. The molecule has 0 bridgehead atoms. The van der Waals surface area contributed by atoms with Gasteiger partial charge in [0.05, 0.1) is 18.1 Å². The average molecular weight is 410 g/mol. The Balaban J connectivity index is 1.81. The maximum atomic E-state index is 12.8. The highest BCUT2D eigenvalue weighted by Gasteiger charge is 2.35. The molecular weight excluding hydrogens is 386 g/mol. The van der Waals surface area contributed by atoms with Crippen molar-refractivity contribution < 1.29 is 19.1 Å². The molecule has 6 heteroatoms. The van der Waals surface area contributed by atoms with Crippen LogP contribution < -0.4 is 9.47 Å². The number of nitrogens with zero attached hydrogens (tertiary/aromatic N) is 1. The molecule has 1 aliphatic heterocycles. The third-order valence-corrected chi connectivity index (χ3v) is 5.13. The summed E-state index contributed by atoms with van der Waals surface area (Å²) in [6.07, 6.45) is 3.37. The van der Waals surface area contributed by atoms with Crippen LogP contribution in [0, 0.1) is 6.92 Å². The Kier molecular flexibility index (Phi) is 6.77. The Hall–Kier alpha value is -2.99. The van der Waals surface area contributed by atoms with E-state index in [2.05, 4.69) is 6.58 Å². The number of carbonyl (C=O) groups excluding carboxylic acids is 2. The lowest BCUT2D eigenvalue weighted by Crippen LogP contribution is -2.27. The molecule has 0 spiro atoms. The highest BCUT2D eigenvalue weighted by Crippen LogP contribution is 2.35. The number of ether oxygens (including phenoxy) is 2. The molecule has 0 saturated carbocycles. The van der Waals surface area contributed by atoms with Gasteiger partial charge in [-0.1, -0.05) is 48.6 Å². The van der Waals surface area contributed by atoms with E-state index in [0.717, 1.165) is 28.5 Å². The molecule has 5 nitrogen and oxygen atoms in total. The molecule has 0 radical (unpaired) electrons. The maximum Gasteiger partial charge on any atom is 0.293 e. The van der Waals surface area contributed by atoms with Gasteiger partial charge in [-0.2, -0.15) is 0 Å². The van der Waals surface area contributed by atoms with Gasteiger partial charge in [-0.15, -0.1) is 0 Å². The van der Waals surface area contributed by atoms with Gasteiger partial charge in [-0.3, -0.25) is 14.5 Å². The lowest BCUT2D eigenvalue weighted by molar-refractivity contribution is -0.123. The van der Waals surface area contributed by atoms with Gasteiger partial charge in [-0.25, -0.2) is 0 Å². The summed E-state index contributed by atoms with van der Waals surface area (Å²) < 4.78 is 11.2. The van der Waals surface area contributed by atoms with Crippen LogP contribution in [0.3, 0.4) is 0 Å². The number of imide groups is 1. The standard InChI is InChI=1S/C23H23NO4S/c1-4-11-28-19-10-9-17(13-20(19)27-5-2)14-21-22(25)24(23(26)29-21)15-18-8-6-7-16(3)12-18/h4,6-10,12-14H,1,5,11,15H2,2-3H3/b21-14-. The molecule has 150 valence electrons. The van der Waals surface area contributed by atoms with Crippen LogP contribution in [0.25, 0.3) is 6.08 Å². The van der Waals surface area contributed by atoms with Crippen molar-refractivity contribution in [1.29, 1.82) is 0 Å². The topological polar surface area (TPSA) is 55.8 Å². The number of benzene rings is 2. The van der Waals surface area contributed by atoms with Gasteiger partial charge < -0.3 is 9.47 Å². The molecule has 0 aromatic heterocycles. The highest BCUT2D eigenvalue weighted by atomic mass is 32.2. The molecule has 2 aromatic carbocycles. The highest BCUT2D eigenvalue weighted by molar-refractivity contribution is 8.18. The first-order chi connectivity index (χ1) is 14.0. The van der Waals surface area contributed by atoms with Gasteiger partial charge in [-0.05, 0) is 54.9 Å². The van der Waals surface area contributed by atoms with Crippen molar-refractivity contribution in [3.63, 3.8) is 0 Å². The number of hydrogen-bond acceptors (Lipinski definition) is 5. The van der Waals surface area contributed by atoms with Crippen LogP contribution in [0.5, 0.6) is 11.5 Å². The molecule has 1 heterocycles. The summed E-state index contributed by atoms with van der Waals surface area (Å²) in [5.41, 5.74) is 2.78. The van der Waals surface area contributed by atoms with Gasteiger partial charge in [0.25, 0.3) is 11.1 Å². The minimum absolute atomic E-state index is 0.265. The number of hydrogen-bond donors (Lipinski definition) is 0. The molecule has 3 rings (SSSR count). The second-order valence-electron chi connectivity index (χ2n) is 6.50. The SMILES string of the molecule is C=CCOc1ccc(/C=C2\SC(=O)N(Cc3cccc(C)c3)C2=O)cc1OCC. The minimum Gasteiger partial charge on any atom is -0.490 e. The summed E-state index contributed by atoms with van der Waals surface area (Å²) >= 11 is 0.951. The van der Waals surface area contributed by atoms with Crippen molar-refractivity contribution in [2.75, 3.05) is 13.2 Å². The molecule has 0 atom stereocenters. The quantitative estimate of drug-likeness (QED) is 0.443. The number of carbonyl (C=O) groups is 2. The van der Waals surface area contributed by atoms with E-state index in [-0.39, 0.29) is 17.7 Å². The third-order valence-electron chi connectivity index (χ3n) is 4.22. The van der Waals surface area contributed by atoms with Crippen molar-refractivity contribution >= 4 is 29.0 Å². The van der Waals surface area contributed by atoms with Crippen LogP contribution in [0.2, 0.25) is 0 Å². The zero-order valence-electron chi connectivity index (χ0n) is 16.5. The molecule has 2 aromatic rings. The Bertz CT molecular complexity index is 967. The van der Waals surface area contributed by atoms with E-state index in [4.69, 9.17) is 9.47 Å². The molecule has 1 fully saturated rings. The van der Waals surface area contributed by atoms with E-state index in [1.54, 1.807) is 24.3 Å². The summed E-state index contributed by atoms with van der Waals surface area (Å²) in [5, 5.41) is -0.265. The van der Waals surface area contributed by atoms with E-state index < -0.39 is 0 Å². The van der Waals surface area contributed by atoms with E-state index in [1.807, 2.05) is 44.2 Å². The molecule has 1 saturated heterocycles. The lowest BCUT2D eigenvalue weighted by atomic mass is 10.1. The first-order valence-corrected chi connectivity index (χ1v) is 10.1. The third kappa shape index (κ3) is 5.09. The Morgan fingerprint density at radius 2 is 1.93 bits per heavy atom. The van der Waals surface area contributed by atoms with Crippen LogP contribution in [-0.4, -0.2) is 29.3 Å². The number of thioether (sulfide) groups is 1. The normalized spacial score (nSPS) is 15.1. The fourth-order valence-electron chi connectivity index (χ4n) is 2.93. The van der Waals surface area contributed by atoms with Gasteiger partial charge in [0.1, 0.15) is 6.61 Å². The first-order valence-electron chi connectivity index (χ1n) is 9.33. The molecular formula is C23H23NO4S. The Labute approximate surface area is 175 Å². The Morgan fingerprint density at radius 1 is 1.10 bits per heavy atom. The monoisotopic (exact) mass is 409 g/mol. The van der Waals surface area contributed by atoms with Crippen molar-refractivity contribution in [2.24, 2.45) is 0 Å². The predicted octanol–water partition coefficient (Wildman–Crippen LogP) is 5.20. The number of aryl methyl sites for hydroxylation is 1. The van der Waals surface area contributed by atoms with Crippen LogP contribution in [0.4, 0.5) is 4.79 Å². The smallest absolute Gasteiger partial charge is 0.293 e. The predicted molar refractivity (Wildman–Crippen MR) is 116 cm³/mol. The lowest BCUT2D eigenvalue weighted by Gasteiger charge is -2.13. The van der Waals surface area contributed by atoms with E-state index in [0.29, 0.717) is 29.6 Å². The zero-order valence-corrected chi connectivity index (χ0v) is 17.3. The molecule has 0 aliphatic carbocycles. The van der Waals surface area contributed by atoms with E-state index >= 15 is 0 Å². The fourth-order valence-corrected chi connectivity index (χ4v) is 3.77. The summed E-state index contributed by atoms with van der Waals surface area (Å²) in [7, 11) is 0. The Morgan fingerprint density at radius 3 is 2.66 bits per heavy atom.